The van der Waals surface area contributed by atoms with Crippen LogP contribution in [0.15, 0.2) is 29.8 Å². The normalized spacial score (nSPS) is 20.0. The number of nitrogens with zero attached hydrogens (tertiary/aromatic N) is 2. The van der Waals surface area contributed by atoms with Gasteiger partial charge in [0.05, 0.1) is 28.2 Å². The summed E-state index contributed by atoms with van der Waals surface area (Å²) >= 11 is 1.59. The molecule has 9 heteroatoms. The van der Waals surface area contributed by atoms with Gasteiger partial charge in [-0.15, -0.1) is 11.3 Å². The van der Waals surface area contributed by atoms with Crippen molar-refractivity contribution in [1.29, 1.82) is 0 Å². The van der Waals surface area contributed by atoms with Gasteiger partial charge in [0.25, 0.3) is 0 Å². The van der Waals surface area contributed by atoms with E-state index in [0.717, 1.165) is 21.7 Å². The number of β-amino-alcohol motifs (C(OH)–C–C–N with tert-alkyl or cyclic N) is 1. The van der Waals surface area contributed by atoms with E-state index in [0.29, 0.717) is 0 Å². The number of hydrogen-bond acceptors (Lipinski definition) is 6. The van der Waals surface area contributed by atoms with Crippen LogP contribution in [-0.4, -0.2) is 57.4 Å². The molecule has 1 aromatic carbocycles. The number of carbonyl (C=O) groups is 3. The molecule has 1 saturated heterocycles. The SMILES string of the molecule is CC(=O)N[C@H](C(=O)N1C[C@@H](O)C[C@H]1C(=O)N[C@@H](C)c1ccc(-c2scnc2C)cc1)C(C)(C)C. The van der Waals surface area contributed by atoms with E-state index in [2.05, 4.69) is 15.6 Å². The molecule has 0 unspecified atom stereocenters. The van der Waals surface area contributed by atoms with Crippen molar-refractivity contribution in [1.82, 2.24) is 20.5 Å². The maximum Gasteiger partial charge on any atom is 0.246 e. The summed E-state index contributed by atoms with van der Waals surface area (Å²) < 4.78 is 0. The summed E-state index contributed by atoms with van der Waals surface area (Å²) in [6, 6.07) is 6.07. The van der Waals surface area contributed by atoms with Gasteiger partial charge < -0.3 is 20.6 Å². The van der Waals surface area contributed by atoms with E-state index in [1.54, 1.807) is 11.3 Å². The molecule has 0 bridgehead atoms. The number of aliphatic hydroxyl groups is 1. The predicted molar refractivity (Wildman–Crippen MR) is 132 cm³/mol. The number of thiazole rings is 1. The number of aryl methyl sites for hydroxylation is 1. The molecule has 4 atom stereocenters. The monoisotopic (exact) mass is 486 g/mol. The number of benzene rings is 1. The first-order chi connectivity index (χ1) is 15.9. The summed E-state index contributed by atoms with van der Waals surface area (Å²) in [5.41, 5.74) is 4.26. The zero-order chi connectivity index (χ0) is 25.2. The maximum absolute atomic E-state index is 13.3. The molecule has 0 aliphatic carbocycles. The fraction of sp³-hybridized carbons (Fsp3) is 0.520. The Morgan fingerprint density at radius 2 is 1.82 bits per heavy atom. The van der Waals surface area contributed by atoms with Crippen LogP contribution in [0.1, 0.15) is 58.3 Å². The van der Waals surface area contributed by atoms with Crippen molar-refractivity contribution in [2.75, 3.05) is 6.54 Å². The zero-order valence-corrected chi connectivity index (χ0v) is 21.4. The van der Waals surface area contributed by atoms with Gasteiger partial charge in [0.1, 0.15) is 12.1 Å². The highest BCUT2D eigenvalue weighted by atomic mass is 32.1. The molecule has 2 aromatic rings. The first-order valence-electron chi connectivity index (χ1n) is 11.4. The van der Waals surface area contributed by atoms with Gasteiger partial charge in [0, 0.05) is 19.9 Å². The van der Waals surface area contributed by atoms with Crippen molar-refractivity contribution in [2.24, 2.45) is 5.41 Å². The quantitative estimate of drug-likeness (QED) is 0.581. The van der Waals surface area contributed by atoms with Crippen molar-refractivity contribution in [2.45, 2.75) is 72.2 Å². The number of rotatable bonds is 6. The largest absolute Gasteiger partial charge is 0.391 e. The molecule has 1 aliphatic heterocycles. The van der Waals surface area contributed by atoms with Crippen molar-refractivity contribution < 1.29 is 19.5 Å². The topological polar surface area (TPSA) is 112 Å². The van der Waals surface area contributed by atoms with Crippen LogP contribution in [-0.2, 0) is 14.4 Å². The van der Waals surface area contributed by atoms with E-state index in [1.807, 2.05) is 64.4 Å². The molecule has 1 fully saturated rings. The van der Waals surface area contributed by atoms with Crippen LogP contribution in [0.2, 0.25) is 0 Å². The highest BCUT2D eigenvalue weighted by Crippen LogP contribution is 2.29. The lowest BCUT2D eigenvalue weighted by Gasteiger charge is -2.35. The van der Waals surface area contributed by atoms with Gasteiger partial charge in [-0.3, -0.25) is 14.4 Å². The molecule has 0 saturated carbocycles. The van der Waals surface area contributed by atoms with Crippen LogP contribution in [0.5, 0.6) is 0 Å². The van der Waals surface area contributed by atoms with Crippen LogP contribution < -0.4 is 10.6 Å². The minimum atomic E-state index is -0.803. The van der Waals surface area contributed by atoms with E-state index in [9.17, 15) is 19.5 Å². The van der Waals surface area contributed by atoms with Crippen LogP contribution >= 0.6 is 11.3 Å². The van der Waals surface area contributed by atoms with Gasteiger partial charge in [-0.25, -0.2) is 4.98 Å². The van der Waals surface area contributed by atoms with E-state index in [4.69, 9.17) is 0 Å². The second kappa shape index (κ2) is 10.2. The van der Waals surface area contributed by atoms with E-state index in [-0.39, 0.29) is 36.7 Å². The predicted octanol–water partition coefficient (Wildman–Crippen LogP) is 2.81. The van der Waals surface area contributed by atoms with Crippen LogP contribution in [0, 0.1) is 12.3 Å². The van der Waals surface area contributed by atoms with Crippen molar-refractivity contribution in [3.63, 3.8) is 0 Å². The fourth-order valence-electron chi connectivity index (χ4n) is 4.22. The minimum Gasteiger partial charge on any atom is -0.391 e. The molecule has 184 valence electrons. The Morgan fingerprint density at radius 1 is 1.18 bits per heavy atom. The van der Waals surface area contributed by atoms with Crippen molar-refractivity contribution >= 4 is 29.1 Å². The smallest absolute Gasteiger partial charge is 0.246 e. The summed E-state index contributed by atoms with van der Waals surface area (Å²) in [7, 11) is 0. The molecule has 8 nitrogen and oxygen atoms in total. The van der Waals surface area contributed by atoms with Gasteiger partial charge >= 0.3 is 0 Å². The summed E-state index contributed by atoms with van der Waals surface area (Å²) in [4.78, 5) is 45.0. The Labute approximate surface area is 204 Å². The lowest BCUT2D eigenvalue weighted by Crippen LogP contribution is -2.57. The summed E-state index contributed by atoms with van der Waals surface area (Å²) in [6.07, 6.45) is -0.639. The van der Waals surface area contributed by atoms with Crippen LogP contribution in [0.3, 0.4) is 0 Å². The molecule has 0 radical (unpaired) electrons. The Balaban J connectivity index is 1.72. The Kier molecular flexibility index (Phi) is 7.77. The molecule has 0 spiro atoms. The molecule has 3 amide bonds. The Hall–Kier alpha value is -2.78. The number of carbonyl (C=O) groups excluding carboxylic acids is 3. The highest BCUT2D eigenvalue weighted by Gasteiger charge is 2.44. The number of amides is 3. The van der Waals surface area contributed by atoms with Crippen LogP contribution in [0.4, 0.5) is 0 Å². The van der Waals surface area contributed by atoms with E-state index < -0.39 is 23.6 Å². The van der Waals surface area contributed by atoms with Crippen molar-refractivity contribution in [3.8, 4) is 10.4 Å². The number of aliphatic hydroxyl groups excluding tert-OH is 1. The molecule has 34 heavy (non-hydrogen) atoms. The molecule has 1 aliphatic rings. The molecule has 3 rings (SSSR count). The summed E-state index contributed by atoms with van der Waals surface area (Å²) in [5.74, 6) is -1.01. The zero-order valence-electron chi connectivity index (χ0n) is 20.6. The van der Waals surface area contributed by atoms with Crippen LogP contribution in [0.25, 0.3) is 10.4 Å². The fourth-order valence-corrected chi connectivity index (χ4v) is 5.03. The summed E-state index contributed by atoms with van der Waals surface area (Å²) in [5, 5.41) is 16.0. The maximum atomic E-state index is 13.3. The average Bonchev–Trinajstić information content (AvgIpc) is 3.36. The van der Waals surface area contributed by atoms with Crippen molar-refractivity contribution in [3.05, 3.63) is 41.0 Å². The highest BCUT2D eigenvalue weighted by molar-refractivity contribution is 7.13. The third-order valence-electron chi connectivity index (χ3n) is 6.10. The molecule has 1 aromatic heterocycles. The Bertz CT molecular complexity index is 1040. The third kappa shape index (κ3) is 5.82. The lowest BCUT2D eigenvalue weighted by molar-refractivity contribution is -0.144. The first kappa shape index (κ1) is 25.8. The van der Waals surface area contributed by atoms with Gasteiger partial charge in [-0.1, -0.05) is 45.0 Å². The van der Waals surface area contributed by atoms with Gasteiger partial charge in [0.2, 0.25) is 17.7 Å². The Morgan fingerprint density at radius 3 is 2.35 bits per heavy atom. The standard InChI is InChI=1S/C25H34N4O4S/c1-14(17-7-9-18(10-8-17)21-15(2)26-13-34-21)27-23(32)20-11-19(31)12-29(20)24(33)22(25(4,5)6)28-16(3)30/h7-10,13-14,19-20,22,31H,11-12H2,1-6H3,(H,27,32)(H,28,30)/t14-,19-,20-,22+/m0/s1. The molecular formula is C25H34N4O4S. The number of aromatic nitrogens is 1. The van der Waals surface area contributed by atoms with E-state index in [1.165, 1.54) is 11.8 Å². The average molecular weight is 487 g/mol. The number of likely N-dealkylation sites (tertiary alicyclic amines) is 1. The molecule has 2 heterocycles. The third-order valence-corrected chi connectivity index (χ3v) is 7.08. The lowest BCUT2D eigenvalue weighted by atomic mass is 9.85. The van der Waals surface area contributed by atoms with Gasteiger partial charge in [-0.2, -0.15) is 0 Å². The van der Waals surface area contributed by atoms with Gasteiger partial charge in [-0.05, 0) is 30.4 Å². The second-order valence-corrected chi connectivity index (χ2v) is 10.9. The summed E-state index contributed by atoms with van der Waals surface area (Å²) in [6.45, 7) is 10.8. The molecule has 3 N–H and O–H groups in total. The van der Waals surface area contributed by atoms with Gasteiger partial charge in [0.15, 0.2) is 0 Å². The second-order valence-electron chi connectivity index (χ2n) is 10.0. The first-order valence-corrected chi connectivity index (χ1v) is 12.3. The van der Waals surface area contributed by atoms with E-state index >= 15 is 0 Å². The number of hydrogen-bond donors (Lipinski definition) is 3. The number of nitrogens with one attached hydrogen (secondary N) is 2. The minimum absolute atomic E-state index is 0.0559. The molecular weight excluding hydrogens is 452 g/mol.